The van der Waals surface area contributed by atoms with Crippen LogP contribution in [0.25, 0.3) is 0 Å². The molecule has 0 radical (unpaired) electrons. The lowest BCUT2D eigenvalue weighted by Crippen LogP contribution is -2.43. The van der Waals surface area contributed by atoms with Crippen LogP contribution in [0.1, 0.15) is 24.0 Å². The lowest BCUT2D eigenvalue weighted by Gasteiger charge is -2.16. The summed E-state index contributed by atoms with van der Waals surface area (Å²) in [4.78, 5) is 34.7. The Morgan fingerprint density at radius 1 is 1.14 bits per heavy atom. The summed E-state index contributed by atoms with van der Waals surface area (Å²) in [5.41, 5.74) is 1.99. The normalized spacial score (nSPS) is 11.4. The molecular weight excluding hydrogens is 286 g/mol. The second-order valence-corrected chi connectivity index (χ2v) is 4.91. The average Bonchev–Trinajstić information content (AvgIpc) is 2.51. The zero-order chi connectivity index (χ0) is 16.5. The summed E-state index contributed by atoms with van der Waals surface area (Å²) >= 11 is 0. The Morgan fingerprint density at radius 2 is 1.86 bits per heavy atom. The maximum absolute atomic E-state index is 11.8. The third-order valence-corrected chi connectivity index (χ3v) is 3.13. The molecule has 1 rings (SSSR count). The van der Waals surface area contributed by atoms with Gasteiger partial charge in [0.2, 0.25) is 5.91 Å². The van der Waals surface area contributed by atoms with Crippen molar-refractivity contribution in [2.75, 3.05) is 14.2 Å². The van der Waals surface area contributed by atoms with E-state index in [0.29, 0.717) is 6.42 Å². The maximum atomic E-state index is 11.8. The first-order valence-corrected chi connectivity index (χ1v) is 6.95. The van der Waals surface area contributed by atoms with E-state index in [1.54, 1.807) is 0 Å². The molecule has 1 aromatic rings. The molecule has 120 valence electrons. The van der Waals surface area contributed by atoms with Gasteiger partial charge in [0.25, 0.3) is 0 Å². The highest BCUT2D eigenvalue weighted by Crippen LogP contribution is 2.08. The van der Waals surface area contributed by atoms with Crippen molar-refractivity contribution in [3.63, 3.8) is 0 Å². The fraction of sp³-hybridized carbons (Fsp3) is 0.438. The van der Waals surface area contributed by atoms with E-state index in [1.165, 1.54) is 14.2 Å². The summed E-state index contributed by atoms with van der Waals surface area (Å²) < 4.78 is 9.19. The molecule has 0 aromatic heterocycles. The van der Waals surface area contributed by atoms with Gasteiger partial charge in [-0.1, -0.05) is 29.8 Å². The highest BCUT2D eigenvalue weighted by atomic mass is 16.5. The Morgan fingerprint density at radius 3 is 2.45 bits per heavy atom. The van der Waals surface area contributed by atoms with Crippen LogP contribution in [0.5, 0.6) is 0 Å². The predicted octanol–water partition coefficient (Wildman–Crippen LogP) is 1.15. The molecule has 1 aromatic carbocycles. The fourth-order valence-electron chi connectivity index (χ4n) is 1.99. The van der Waals surface area contributed by atoms with E-state index in [9.17, 15) is 14.4 Å². The SMILES string of the molecule is COC(=O)CCC(=O)N[C@H](Cc1cccc(C)c1)C(=O)OC. The lowest BCUT2D eigenvalue weighted by atomic mass is 10.0. The third-order valence-electron chi connectivity index (χ3n) is 3.13. The van der Waals surface area contributed by atoms with Gasteiger partial charge in [-0.05, 0) is 12.5 Å². The number of aryl methyl sites for hydroxylation is 1. The highest BCUT2D eigenvalue weighted by Gasteiger charge is 2.22. The molecule has 0 aliphatic carbocycles. The molecule has 0 aliphatic heterocycles. The first-order valence-electron chi connectivity index (χ1n) is 6.95. The van der Waals surface area contributed by atoms with Crippen molar-refractivity contribution in [3.05, 3.63) is 35.4 Å². The van der Waals surface area contributed by atoms with Crippen LogP contribution in [0.3, 0.4) is 0 Å². The molecule has 0 heterocycles. The molecule has 6 heteroatoms. The van der Waals surface area contributed by atoms with Gasteiger partial charge in [-0.2, -0.15) is 0 Å². The number of esters is 2. The largest absolute Gasteiger partial charge is 0.469 e. The summed E-state index contributed by atoms with van der Waals surface area (Å²) in [5, 5.41) is 2.59. The molecule has 6 nitrogen and oxygen atoms in total. The number of hydrogen-bond acceptors (Lipinski definition) is 5. The van der Waals surface area contributed by atoms with Crippen LogP contribution in [0.15, 0.2) is 24.3 Å². The molecule has 0 bridgehead atoms. The minimum Gasteiger partial charge on any atom is -0.469 e. The van der Waals surface area contributed by atoms with Crippen molar-refractivity contribution in [2.24, 2.45) is 0 Å². The van der Waals surface area contributed by atoms with Crippen LogP contribution < -0.4 is 5.32 Å². The molecule has 1 N–H and O–H groups in total. The standard InChI is InChI=1S/C16H21NO5/c1-11-5-4-6-12(9-11)10-13(16(20)22-3)17-14(18)7-8-15(19)21-2/h4-6,9,13H,7-8,10H2,1-3H3,(H,17,18)/t13-/m1/s1. The summed E-state index contributed by atoms with van der Waals surface area (Å²) in [6.45, 7) is 1.95. The van der Waals surface area contributed by atoms with Gasteiger partial charge in [-0.25, -0.2) is 4.79 Å². The Labute approximate surface area is 129 Å². The number of methoxy groups -OCH3 is 2. The molecule has 1 amide bonds. The van der Waals surface area contributed by atoms with Crippen LogP contribution in [0, 0.1) is 6.92 Å². The van der Waals surface area contributed by atoms with Crippen LogP contribution in [0.2, 0.25) is 0 Å². The van der Waals surface area contributed by atoms with Gasteiger partial charge >= 0.3 is 11.9 Å². The van der Waals surface area contributed by atoms with Crippen molar-refractivity contribution in [1.82, 2.24) is 5.32 Å². The van der Waals surface area contributed by atoms with E-state index in [4.69, 9.17) is 4.74 Å². The Bertz CT molecular complexity index is 541. The quantitative estimate of drug-likeness (QED) is 0.764. The van der Waals surface area contributed by atoms with Gasteiger partial charge in [0.05, 0.1) is 20.6 Å². The van der Waals surface area contributed by atoms with E-state index in [-0.39, 0.29) is 12.8 Å². The topological polar surface area (TPSA) is 81.7 Å². The minimum absolute atomic E-state index is 0.0271. The molecule has 0 spiro atoms. The second-order valence-electron chi connectivity index (χ2n) is 4.91. The monoisotopic (exact) mass is 307 g/mol. The summed E-state index contributed by atoms with van der Waals surface area (Å²) in [6, 6.07) is 6.88. The first-order chi connectivity index (χ1) is 10.5. The molecule has 0 unspecified atom stereocenters. The van der Waals surface area contributed by atoms with Gasteiger partial charge in [-0.3, -0.25) is 9.59 Å². The van der Waals surface area contributed by atoms with Crippen LogP contribution in [0.4, 0.5) is 0 Å². The number of rotatable bonds is 7. The van der Waals surface area contributed by atoms with Crippen molar-refractivity contribution >= 4 is 17.8 Å². The molecule has 0 fully saturated rings. The molecule has 0 saturated heterocycles. The Hall–Kier alpha value is -2.37. The van der Waals surface area contributed by atoms with Crippen molar-refractivity contribution in [1.29, 1.82) is 0 Å². The average molecular weight is 307 g/mol. The Kier molecular flexibility index (Phi) is 7.08. The fourth-order valence-corrected chi connectivity index (χ4v) is 1.99. The number of carbonyl (C=O) groups is 3. The van der Waals surface area contributed by atoms with Gasteiger partial charge in [0, 0.05) is 12.8 Å². The maximum Gasteiger partial charge on any atom is 0.328 e. The van der Waals surface area contributed by atoms with Crippen LogP contribution in [-0.4, -0.2) is 38.1 Å². The third kappa shape index (κ3) is 5.95. The summed E-state index contributed by atoms with van der Waals surface area (Å²) in [6.07, 6.45) is 0.271. The number of benzene rings is 1. The number of carbonyl (C=O) groups excluding carboxylic acids is 3. The smallest absolute Gasteiger partial charge is 0.328 e. The van der Waals surface area contributed by atoms with E-state index in [2.05, 4.69) is 10.1 Å². The number of ether oxygens (including phenoxy) is 2. The number of nitrogens with one attached hydrogen (secondary N) is 1. The predicted molar refractivity (Wildman–Crippen MR) is 80.1 cm³/mol. The van der Waals surface area contributed by atoms with E-state index in [1.807, 2.05) is 31.2 Å². The summed E-state index contributed by atoms with van der Waals surface area (Å²) in [5.74, 6) is -1.38. The molecule has 0 aliphatic rings. The zero-order valence-corrected chi connectivity index (χ0v) is 13.0. The van der Waals surface area contributed by atoms with E-state index >= 15 is 0 Å². The van der Waals surface area contributed by atoms with Gasteiger partial charge in [0.1, 0.15) is 6.04 Å². The first kappa shape index (κ1) is 17.7. The lowest BCUT2D eigenvalue weighted by molar-refractivity contribution is -0.145. The molecule has 22 heavy (non-hydrogen) atoms. The minimum atomic E-state index is -0.781. The van der Waals surface area contributed by atoms with Gasteiger partial charge in [-0.15, -0.1) is 0 Å². The summed E-state index contributed by atoms with van der Waals surface area (Å²) in [7, 11) is 2.53. The van der Waals surface area contributed by atoms with Crippen molar-refractivity contribution in [2.45, 2.75) is 32.2 Å². The van der Waals surface area contributed by atoms with Gasteiger partial charge in [0.15, 0.2) is 0 Å². The Balaban J connectivity index is 2.66. The molecule has 0 saturated carbocycles. The number of amides is 1. The second kappa shape index (κ2) is 8.81. The van der Waals surface area contributed by atoms with Crippen LogP contribution >= 0.6 is 0 Å². The van der Waals surface area contributed by atoms with E-state index < -0.39 is 23.9 Å². The van der Waals surface area contributed by atoms with Crippen LogP contribution in [-0.2, 0) is 30.3 Å². The molecule has 1 atom stereocenters. The van der Waals surface area contributed by atoms with Crippen molar-refractivity contribution in [3.8, 4) is 0 Å². The van der Waals surface area contributed by atoms with Crippen molar-refractivity contribution < 1.29 is 23.9 Å². The van der Waals surface area contributed by atoms with Gasteiger partial charge < -0.3 is 14.8 Å². The number of hydrogen-bond donors (Lipinski definition) is 1. The molecular formula is C16H21NO5. The highest BCUT2D eigenvalue weighted by molar-refractivity contribution is 5.86. The zero-order valence-electron chi connectivity index (χ0n) is 13.0. The van der Waals surface area contributed by atoms with E-state index in [0.717, 1.165) is 11.1 Å².